The molecule has 0 aliphatic carbocycles. The first-order valence-corrected chi connectivity index (χ1v) is 7.33. The van der Waals surface area contributed by atoms with Gasteiger partial charge < -0.3 is 10.3 Å². The Morgan fingerprint density at radius 3 is 3.00 bits per heavy atom. The summed E-state index contributed by atoms with van der Waals surface area (Å²) >= 11 is 3.45. The van der Waals surface area contributed by atoms with Crippen molar-refractivity contribution in [1.29, 1.82) is 0 Å². The van der Waals surface area contributed by atoms with E-state index in [2.05, 4.69) is 36.1 Å². The number of aromatic nitrogens is 2. The third kappa shape index (κ3) is 3.58. The molecule has 1 atom stereocenters. The van der Waals surface area contributed by atoms with Gasteiger partial charge in [0, 0.05) is 24.0 Å². The average molecular weight is 339 g/mol. The van der Waals surface area contributed by atoms with Gasteiger partial charge in [0.15, 0.2) is 0 Å². The van der Waals surface area contributed by atoms with Crippen molar-refractivity contribution >= 4 is 32.9 Å². The molecule has 2 rings (SSSR count). The highest BCUT2D eigenvalue weighted by atomic mass is 79.9. The van der Waals surface area contributed by atoms with E-state index >= 15 is 0 Å². The molecule has 0 radical (unpaired) electrons. The monoisotopic (exact) mass is 338 g/mol. The molecule has 1 heterocycles. The van der Waals surface area contributed by atoms with Crippen LogP contribution in [-0.4, -0.2) is 41.4 Å². The highest BCUT2D eigenvalue weighted by molar-refractivity contribution is 9.10. The molecule has 0 unspecified atom stereocenters. The van der Waals surface area contributed by atoms with Gasteiger partial charge in [-0.15, -0.1) is 0 Å². The summed E-state index contributed by atoms with van der Waals surface area (Å²) in [4.78, 5) is 21.4. The summed E-state index contributed by atoms with van der Waals surface area (Å²) in [6.45, 7) is 3.30. The number of H-pyrrole nitrogens is 1. The van der Waals surface area contributed by atoms with Crippen molar-refractivity contribution < 1.29 is 4.79 Å². The summed E-state index contributed by atoms with van der Waals surface area (Å²) in [7, 11) is 3.65. The Kier molecular flexibility index (Phi) is 4.77. The number of aromatic amines is 1. The van der Waals surface area contributed by atoms with Gasteiger partial charge in [-0.25, -0.2) is 4.98 Å². The molecule has 0 aliphatic rings. The fraction of sp³-hybridized carbons (Fsp3) is 0.429. The average Bonchev–Trinajstić information content (AvgIpc) is 2.78. The van der Waals surface area contributed by atoms with Gasteiger partial charge in [-0.05, 0) is 25.2 Å². The molecule has 5 nitrogen and oxygen atoms in total. The number of halogens is 1. The first-order valence-electron chi connectivity index (χ1n) is 6.54. The molecular formula is C14H19BrN4O. The summed E-state index contributed by atoms with van der Waals surface area (Å²) in [5, 5.41) is 2.67. The number of rotatable bonds is 5. The molecule has 2 aromatic rings. The first-order chi connectivity index (χ1) is 9.49. The number of carbonyl (C=O) groups excluding carboxylic acids is 1. The van der Waals surface area contributed by atoms with E-state index in [-0.39, 0.29) is 11.8 Å². The molecule has 1 aromatic heterocycles. The van der Waals surface area contributed by atoms with Crippen molar-refractivity contribution in [3.63, 3.8) is 0 Å². The molecule has 0 saturated heterocycles. The molecular weight excluding hydrogens is 320 g/mol. The van der Waals surface area contributed by atoms with Gasteiger partial charge in [0.1, 0.15) is 5.82 Å². The van der Waals surface area contributed by atoms with Gasteiger partial charge in [0.05, 0.1) is 17.6 Å². The fourth-order valence-electron chi connectivity index (χ4n) is 2.23. The zero-order valence-electron chi connectivity index (χ0n) is 11.9. The number of benzene rings is 1. The van der Waals surface area contributed by atoms with Gasteiger partial charge >= 0.3 is 0 Å². The van der Waals surface area contributed by atoms with E-state index in [1.54, 1.807) is 7.05 Å². The van der Waals surface area contributed by atoms with Gasteiger partial charge in [-0.1, -0.05) is 22.9 Å². The van der Waals surface area contributed by atoms with Crippen LogP contribution in [0.15, 0.2) is 22.7 Å². The van der Waals surface area contributed by atoms with E-state index in [4.69, 9.17) is 0 Å². The van der Waals surface area contributed by atoms with Gasteiger partial charge in [-0.2, -0.15) is 0 Å². The molecule has 0 fully saturated rings. The molecule has 0 saturated carbocycles. The summed E-state index contributed by atoms with van der Waals surface area (Å²) < 4.78 is 1.03. The number of imidazole rings is 1. The van der Waals surface area contributed by atoms with Crippen LogP contribution in [0.5, 0.6) is 0 Å². The Balaban J connectivity index is 2.02. The van der Waals surface area contributed by atoms with E-state index in [9.17, 15) is 4.79 Å². The molecule has 0 bridgehead atoms. The number of hydrogen-bond acceptors (Lipinski definition) is 3. The summed E-state index contributed by atoms with van der Waals surface area (Å²) in [5.74, 6) is 0.929. The Morgan fingerprint density at radius 1 is 1.55 bits per heavy atom. The largest absolute Gasteiger partial charge is 0.359 e. The molecule has 0 spiro atoms. The van der Waals surface area contributed by atoms with Crippen LogP contribution in [0.4, 0.5) is 0 Å². The fourth-order valence-corrected chi connectivity index (χ4v) is 2.59. The lowest BCUT2D eigenvalue weighted by atomic mass is 10.1. The molecule has 1 aromatic carbocycles. The first kappa shape index (κ1) is 15.0. The maximum Gasteiger partial charge on any atom is 0.223 e. The van der Waals surface area contributed by atoms with E-state index in [0.717, 1.165) is 21.3 Å². The van der Waals surface area contributed by atoms with Crippen molar-refractivity contribution in [2.45, 2.75) is 13.5 Å². The van der Waals surface area contributed by atoms with Crippen molar-refractivity contribution in [3.8, 4) is 0 Å². The third-order valence-corrected chi connectivity index (χ3v) is 3.69. The zero-order chi connectivity index (χ0) is 14.7. The number of carbonyl (C=O) groups is 1. The quantitative estimate of drug-likeness (QED) is 0.877. The normalized spacial score (nSPS) is 12.8. The topological polar surface area (TPSA) is 61.0 Å². The second-order valence-corrected chi connectivity index (χ2v) is 5.97. The summed E-state index contributed by atoms with van der Waals surface area (Å²) in [6.07, 6.45) is 0. The van der Waals surface area contributed by atoms with Gasteiger partial charge in [0.25, 0.3) is 0 Å². The van der Waals surface area contributed by atoms with Crippen molar-refractivity contribution in [2.24, 2.45) is 5.92 Å². The van der Waals surface area contributed by atoms with Crippen molar-refractivity contribution in [3.05, 3.63) is 28.5 Å². The lowest BCUT2D eigenvalue weighted by Gasteiger charge is -2.19. The van der Waals surface area contributed by atoms with E-state index in [1.165, 1.54) is 0 Å². The predicted molar refractivity (Wildman–Crippen MR) is 83.4 cm³/mol. The van der Waals surface area contributed by atoms with Crippen molar-refractivity contribution in [2.75, 3.05) is 20.6 Å². The zero-order valence-corrected chi connectivity index (χ0v) is 13.5. The van der Waals surface area contributed by atoms with E-state index < -0.39 is 0 Å². The van der Waals surface area contributed by atoms with Crippen LogP contribution in [0.1, 0.15) is 12.7 Å². The second kappa shape index (κ2) is 6.37. The highest BCUT2D eigenvalue weighted by Gasteiger charge is 2.14. The Morgan fingerprint density at radius 2 is 2.30 bits per heavy atom. The van der Waals surface area contributed by atoms with Gasteiger partial charge in [0.2, 0.25) is 5.91 Å². The maximum atomic E-state index is 11.5. The number of fused-ring (bicyclic) bond motifs is 1. The number of nitrogens with zero attached hydrogens (tertiary/aromatic N) is 2. The van der Waals surface area contributed by atoms with Crippen molar-refractivity contribution in [1.82, 2.24) is 20.2 Å². The predicted octanol–water partition coefficient (Wildman–Crippen LogP) is 2.14. The van der Waals surface area contributed by atoms with Crippen LogP contribution < -0.4 is 5.32 Å². The third-order valence-electron chi connectivity index (χ3n) is 3.19. The Hall–Kier alpha value is -1.40. The summed E-state index contributed by atoms with van der Waals surface area (Å²) in [6, 6.07) is 5.97. The SMILES string of the molecule is CNC(=O)[C@H](C)CN(C)Cc1nc2ccc(Br)cc2[nH]1. The number of hydrogen-bond donors (Lipinski definition) is 2. The second-order valence-electron chi connectivity index (χ2n) is 5.06. The minimum absolute atomic E-state index is 0.0384. The van der Waals surface area contributed by atoms with E-state index in [1.807, 2.05) is 32.2 Å². The van der Waals surface area contributed by atoms with Crippen LogP contribution in [0, 0.1) is 5.92 Å². The minimum Gasteiger partial charge on any atom is -0.359 e. The summed E-state index contributed by atoms with van der Waals surface area (Å²) in [5.41, 5.74) is 1.97. The maximum absolute atomic E-state index is 11.5. The molecule has 1 amide bonds. The molecule has 2 N–H and O–H groups in total. The van der Waals surface area contributed by atoms with Crippen LogP contribution in [0.2, 0.25) is 0 Å². The lowest BCUT2D eigenvalue weighted by molar-refractivity contribution is -0.124. The lowest BCUT2D eigenvalue weighted by Crippen LogP contribution is -2.34. The molecule has 6 heteroatoms. The highest BCUT2D eigenvalue weighted by Crippen LogP contribution is 2.18. The van der Waals surface area contributed by atoms with Crippen LogP contribution in [0.25, 0.3) is 11.0 Å². The van der Waals surface area contributed by atoms with Crippen LogP contribution in [-0.2, 0) is 11.3 Å². The van der Waals surface area contributed by atoms with Crippen LogP contribution >= 0.6 is 15.9 Å². The Bertz CT molecular complexity index is 610. The van der Waals surface area contributed by atoms with Gasteiger partial charge in [-0.3, -0.25) is 9.69 Å². The minimum atomic E-state index is -0.0384. The number of nitrogens with one attached hydrogen (secondary N) is 2. The molecule has 20 heavy (non-hydrogen) atoms. The molecule has 0 aliphatic heterocycles. The number of amides is 1. The smallest absolute Gasteiger partial charge is 0.223 e. The standard InChI is InChI=1S/C14H19BrN4O/c1-9(14(20)16-2)7-19(3)8-13-17-11-5-4-10(15)6-12(11)18-13/h4-6,9H,7-8H2,1-3H3,(H,16,20)(H,17,18)/t9-/m1/s1. The van der Waals surface area contributed by atoms with E-state index in [0.29, 0.717) is 13.1 Å². The molecule has 108 valence electrons. The van der Waals surface area contributed by atoms with Crippen LogP contribution in [0.3, 0.4) is 0 Å². The Labute approximate surface area is 126 Å².